The molecule has 4 amide bonds. The first-order valence-corrected chi connectivity index (χ1v) is 15.8. The van der Waals surface area contributed by atoms with E-state index in [1.165, 1.54) is 11.8 Å². The van der Waals surface area contributed by atoms with E-state index in [0.29, 0.717) is 12.8 Å². The Morgan fingerprint density at radius 1 is 0.837 bits per heavy atom. The number of primary amides is 1. The Hall–Kier alpha value is -3.83. The Bertz CT molecular complexity index is 1410. The zero-order valence-corrected chi connectivity index (χ0v) is 26.3. The molecule has 5 unspecified atom stereocenters. The summed E-state index contributed by atoms with van der Waals surface area (Å²) >= 11 is 1.50. The van der Waals surface area contributed by atoms with Crippen molar-refractivity contribution in [1.29, 1.82) is 0 Å². The number of aromatic nitrogens is 1. The summed E-state index contributed by atoms with van der Waals surface area (Å²) in [6.07, 6.45) is 3.01. The summed E-state index contributed by atoms with van der Waals surface area (Å²) in [4.78, 5) is 56.1. The number of nitrogens with one attached hydrogen (secondary N) is 4. The first kappa shape index (κ1) is 33.7. The fraction of sp³-hybridized carbons (Fsp3) is 0.438. The third-order valence-corrected chi connectivity index (χ3v) is 8.48. The zero-order valence-electron chi connectivity index (χ0n) is 25.5. The number of aromatic amines is 1. The van der Waals surface area contributed by atoms with Crippen molar-refractivity contribution in [3.8, 4) is 0 Å². The van der Waals surface area contributed by atoms with Crippen LogP contribution < -0.4 is 27.4 Å². The molecule has 0 aliphatic rings. The van der Waals surface area contributed by atoms with E-state index in [2.05, 4.69) is 20.9 Å². The third-order valence-electron chi connectivity index (χ3n) is 7.72. The number of benzene rings is 2. The number of carbonyl (C=O) groups is 4. The van der Waals surface area contributed by atoms with Gasteiger partial charge >= 0.3 is 0 Å². The van der Waals surface area contributed by atoms with Crippen molar-refractivity contribution in [3.05, 3.63) is 65.7 Å². The third kappa shape index (κ3) is 8.84. The van der Waals surface area contributed by atoms with Crippen LogP contribution in [-0.2, 0) is 32.0 Å². The first-order chi connectivity index (χ1) is 20.5. The minimum Gasteiger partial charge on any atom is -0.368 e. The van der Waals surface area contributed by atoms with E-state index in [9.17, 15) is 19.2 Å². The number of hydrogen-bond acceptors (Lipinski definition) is 6. The molecule has 0 aliphatic carbocycles. The molecular weight excluding hydrogens is 564 g/mol. The standard InChI is InChI=1S/C32H44N6O4S/c1-6-19(4)27(28(34)39)38-30(41)25(17-22-21-14-10-11-15-24(21)36-32(22)43-5)35-31(42)26(18(2)3)37-29(40)23(33)16-20-12-8-7-9-13-20/h7-15,18-19,23,25-27,36H,6,16-17,33H2,1-5H3,(H2,34,39)(H,35,42)(H,37,40)(H,38,41). The van der Waals surface area contributed by atoms with Crippen LogP contribution in [0, 0.1) is 11.8 Å². The lowest BCUT2D eigenvalue weighted by Gasteiger charge is -2.28. The fourth-order valence-corrected chi connectivity index (χ4v) is 5.62. The molecule has 0 saturated carbocycles. The fourth-order valence-electron chi connectivity index (χ4n) is 4.97. The summed E-state index contributed by atoms with van der Waals surface area (Å²) in [6, 6.07) is 13.3. The molecule has 232 valence electrons. The van der Waals surface area contributed by atoms with Gasteiger partial charge in [-0.05, 0) is 41.7 Å². The second-order valence-corrected chi connectivity index (χ2v) is 12.1. The largest absolute Gasteiger partial charge is 0.368 e. The van der Waals surface area contributed by atoms with Crippen molar-refractivity contribution in [3.63, 3.8) is 0 Å². The number of amides is 4. The quantitative estimate of drug-likeness (QED) is 0.145. The summed E-state index contributed by atoms with van der Waals surface area (Å²) in [7, 11) is 0. The highest BCUT2D eigenvalue weighted by molar-refractivity contribution is 7.98. The molecule has 2 aromatic carbocycles. The van der Waals surface area contributed by atoms with E-state index in [-0.39, 0.29) is 18.3 Å². The van der Waals surface area contributed by atoms with Crippen LogP contribution in [0.5, 0.6) is 0 Å². The van der Waals surface area contributed by atoms with Gasteiger partial charge in [0, 0.05) is 17.3 Å². The summed E-state index contributed by atoms with van der Waals surface area (Å²) in [6.45, 7) is 7.35. The maximum atomic E-state index is 13.7. The summed E-state index contributed by atoms with van der Waals surface area (Å²) < 4.78 is 0. The highest BCUT2D eigenvalue weighted by Crippen LogP contribution is 2.29. The summed E-state index contributed by atoms with van der Waals surface area (Å²) in [5, 5.41) is 10.2. The van der Waals surface area contributed by atoms with Gasteiger partial charge in [-0.1, -0.05) is 82.6 Å². The van der Waals surface area contributed by atoms with E-state index >= 15 is 0 Å². The van der Waals surface area contributed by atoms with Gasteiger partial charge in [0.25, 0.3) is 0 Å². The molecule has 3 aromatic rings. The van der Waals surface area contributed by atoms with Crippen LogP contribution in [0.4, 0.5) is 0 Å². The number of rotatable bonds is 15. The molecule has 0 radical (unpaired) electrons. The van der Waals surface area contributed by atoms with E-state index in [4.69, 9.17) is 11.5 Å². The van der Waals surface area contributed by atoms with Gasteiger partial charge in [-0.3, -0.25) is 19.2 Å². The number of hydrogen-bond donors (Lipinski definition) is 6. The molecule has 8 N–H and O–H groups in total. The SMILES string of the molecule is CCC(C)C(NC(=O)C(Cc1c(SC)[nH]c2ccccc12)NC(=O)C(NC(=O)C(N)Cc1ccccc1)C(C)C)C(N)=O. The molecule has 5 atom stereocenters. The van der Waals surface area contributed by atoms with Gasteiger partial charge < -0.3 is 32.4 Å². The van der Waals surface area contributed by atoms with Crippen molar-refractivity contribution in [2.75, 3.05) is 6.26 Å². The molecule has 0 bridgehead atoms. The zero-order chi connectivity index (χ0) is 31.7. The van der Waals surface area contributed by atoms with Gasteiger partial charge in [0.15, 0.2) is 0 Å². The van der Waals surface area contributed by atoms with Gasteiger partial charge in [0.1, 0.15) is 18.1 Å². The van der Waals surface area contributed by atoms with Crippen LogP contribution in [0.15, 0.2) is 59.6 Å². The second-order valence-electron chi connectivity index (χ2n) is 11.2. The average Bonchev–Trinajstić information content (AvgIpc) is 3.34. The van der Waals surface area contributed by atoms with E-state index < -0.39 is 47.8 Å². The molecule has 43 heavy (non-hydrogen) atoms. The van der Waals surface area contributed by atoms with Crippen LogP contribution in [-0.4, -0.2) is 59.0 Å². The van der Waals surface area contributed by atoms with Gasteiger partial charge in [-0.25, -0.2) is 0 Å². The lowest BCUT2D eigenvalue weighted by molar-refractivity contribution is -0.134. The summed E-state index contributed by atoms with van der Waals surface area (Å²) in [5.41, 5.74) is 14.5. The smallest absolute Gasteiger partial charge is 0.243 e. The Labute approximate surface area is 257 Å². The van der Waals surface area contributed by atoms with Crippen LogP contribution in [0.3, 0.4) is 0 Å². The first-order valence-electron chi connectivity index (χ1n) is 14.6. The van der Waals surface area contributed by atoms with Gasteiger partial charge in [-0.15, -0.1) is 11.8 Å². The normalized spacial score (nSPS) is 14.9. The van der Waals surface area contributed by atoms with Crippen molar-refractivity contribution < 1.29 is 19.2 Å². The maximum absolute atomic E-state index is 13.7. The van der Waals surface area contributed by atoms with E-state index in [1.54, 1.807) is 13.8 Å². The lowest BCUT2D eigenvalue weighted by atomic mass is 9.97. The molecule has 0 aliphatic heterocycles. The van der Waals surface area contributed by atoms with Crippen molar-refractivity contribution in [2.24, 2.45) is 23.3 Å². The molecule has 1 aromatic heterocycles. The van der Waals surface area contributed by atoms with E-state index in [1.807, 2.05) is 74.7 Å². The minimum absolute atomic E-state index is 0.149. The Balaban J connectivity index is 1.88. The van der Waals surface area contributed by atoms with Gasteiger partial charge in [0.2, 0.25) is 23.6 Å². The topological polar surface area (TPSA) is 172 Å². The van der Waals surface area contributed by atoms with E-state index in [0.717, 1.165) is 27.1 Å². The average molecular weight is 609 g/mol. The predicted octanol–water partition coefficient (Wildman–Crippen LogP) is 2.64. The molecule has 10 nitrogen and oxygen atoms in total. The number of nitrogens with two attached hydrogens (primary N) is 2. The molecule has 0 spiro atoms. The molecular formula is C32H44N6O4S. The number of carbonyl (C=O) groups excluding carboxylic acids is 4. The maximum Gasteiger partial charge on any atom is 0.243 e. The van der Waals surface area contributed by atoms with Crippen LogP contribution in [0.25, 0.3) is 10.9 Å². The van der Waals surface area contributed by atoms with Crippen molar-refractivity contribution >= 4 is 46.3 Å². The number of thioether (sulfide) groups is 1. The Kier molecular flexibility index (Phi) is 12.2. The molecule has 11 heteroatoms. The van der Waals surface area contributed by atoms with Crippen LogP contribution in [0.2, 0.25) is 0 Å². The highest BCUT2D eigenvalue weighted by Gasteiger charge is 2.33. The highest BCUT2D eigenvalue weighted by atomic mass is 32.2. The monoisotopic (exact) mass is 608 g/mol. The summed E-state index contributed by atoms with van der Waals surface area (Å²) in [5.74, 6) is -2.69. The van der Waals surface area contributed by atoms with Gasteiger partial charge in [-0.2, -0.15) is 0 Å². The Morgan fingerprint density at radius 3 is 2.07 bits per heavy atom. The lowest BCUT2D eigenvalue weighted by Crippen LogP contribution is -2.60. The van der Waals surface area contributed by atoms with Crippen LogP contribution >= 0.6 is 11.8 Å². The predicted molar refractivity (Wildman–Crippen MR) is 171 cm³/mol. The van der Waals surface area contributed by atoms with Gasteiger partial charge in [0.05, 0.1) is 11.1 Å². The molecule has 1 heterocycles. The Morgan fingerprint density at radius 2 is 1.47 bits per heavy atom. The van der Waals surface area contributed by atoms with Crippen LogP contribution in [0.1, 0.15) is 45.2 Å². The van der Waals surface area contributed by atoms with Crippen molar-refractivity contribution in [2.45, 2.75) is 76.2 Å². The molecule has 0 fully saturated rings. The van der Waals surface area contributed by atoms with Crippen molar-refractivity contribution in [1.82, 2.24) is 20.9 Å². The second kappa shape index (κ2) is 15.6. The molecule has 3 rings (SSSR count). The number of H-pyrrole nitrogens is 1. The minimum atomic E-state index is -1.06. The number of fused-ring (bicyclic) bond motifs is 1. The number of para-hydroxylation sites is 1. The molecule has 0 saturated heterocycles.